The first-order valence-corrected chi connectivity index (χ1v) is 10.5. The number of piperazine rings is 1. The van der Waals surface area contributed by atoms with Gasteiger partial charge >= 0.3 is 5.97 Å². The van der Waals surface area contributed by atoms with Crippen LogP contribution >= 0.6 is 0 Å². The van der Waals surface area contributed by atoms with Gasteiger partial charge in [0.25, 0.3) is 5.91 Å². The van der Waals surface area contributed by atoms with Crippen LogP contribution in [-0.4, -0.2) is 66.5 Å². The average Bonchev–Trinajstić information content (AvgIpc) is 3.31. The number of esters is 1. The Balaban J connectivity index is 1.23. The number of ether oxygens (including phenoxy) is 2. The van der Waals surface area contributed by atoms with Crippen molar-refractivity contribution in [1.29, 1.82) is 0 Å². The van der Waals surface area contributed by atoms with Gasteiger partial charge in [0, 0.05) is 38.1 Å². The number of rotatable bonds is 7. The van der Waals surface area contributed by atoms with E-state index in [0.717, 1.165) is 30.1 Å². The molecule has 1 saturated heterocycles. The van der Waals surface area contributed by atoms with Crippen molar-refractivity contribution < 1.29 is 19.1 Å². The molecule has 8 heteroatoms. The molecule has 3 aromatic rings. The standard InChI is InChI=1S/C24H26N4O4/c1-31-22-9-7-21(8-10-22)26-11-13-27(14-12-26)23(29)18-32-24(30)20-15-25-28(17-20)16-19-5-3-2-4-6-19/h2-10,15,17H,11-14,16,18H2,1H3. The van der Waals surface area contributed by atoms with Gasteiger partial charge in [-0.15, -0.1) is 0 Å². The smallest absolute Gasteiger partial charge is 0.341 e. The molecule has 0 N–H and O–H groups in total. The number of methoxy groups -OCH3 is 1. The number of amides is 1. The monoisotopic (exact) mass is 434 g/mol. The van der Waals surface area contributed by atoms with Crippen LogP contribution in [0.15, 0.2) is 67.0 Å². The fourth-order valence-corrected chi connectivity index (χ4v) is 3.63. The molecular formula is C24H26N4O4. The summed E-state index contributed by atoms with van der Waals surface area (Å²) in [7, 11) is 1.64. The third-order valence-corrected chi connectivity index (χ3v) is 5.45. The first-order valence-electron chi connectivity index (χ1n) is 10.5. The number of hydrogen-bond donors (Lipinski definition) is 0. The lowest BCUT2D eigenvalue weighted by molar-refractivity contribution is -0.134. The van der Waals surface area contributed by atoms with E-state index in [1.165, 1.54) is 6.20 Å². The van der Waals surface area contributed by atoms with Crippen LogP contribution in [0.25, 0.3) is 0 Å². The first-order chi connectivity index (χ1) is 15.6. The summed E-state index contributed by atoms with van der Waals surface area (Å²) in [6.07, 6.45) is 3.09. The number of anilines is 1. The zero-order valence-corrected chi connectivity index (χ0v) is 18.0. The van der Waals surface area contributed by atoms with E-state index in [2.05, 4.69) is 10.00 Å². The van der Waals surface area contributed by atoms with E-state index in [-0.39, 0.29) is 12.5 Å². The lowest BCUT2D eigenvalue weighted by Crippen LogP contribution is -2.49. The molecule has 0 unspecified atom stereocenters. The van der Waals surface area contributed by atoms with E-state index in [9.17, 15) is 9.59 Å². The van der Waals surface area contributed by atoms with Crippen LogP contribution in [-0.2, 0) is 16.1 Å². The molecule has 4 rings (SSSR count). The fourth-order valence-electron chi connectivity index (χ4n) is 3.63. The largest absolute Gasteiger partial charge is 0.497 e. The number of nitrogens with zero attached hydrogens (tertiary/aromatic N) is 4. The molecule has 0 saturated carbocycles. The van der Waals surface area contributed by atoms with Crippen LogP contribution in [0, 0.1) is 0 Å². The van der Waals surface area contributed by atoms with Crippen molar-refractivity contribution in [1.82, 2.24) is 14.7 Å². The maximum atomic E-state index is 12.5. The van der Waals surface area contributed by atoms with Crippen molar-refractivity contribution >= 4 is 17.6 Å². The van der Waals surface area contributed by atoms with Gasteiger partial charge in [0.15, 0.2) is 6.61 Å². The number of carbonyl (C=O) groups excluding carboxylic acids is 2. The highest BCUT2D eigenvalue weighted by Gasteiger charge is 2.23. The highest BCUT2D eigenvalue weighted by atomic mass is 16.5. The van der Waals surface area contributed by atoms with Crippen LogP contribution in [0.2, 0.25) is 0 Å². The second-order valence-corrected chi connectivity index (χ2v) is 7.55. The van der Waals surface area contributed by atoms with Gasteiger partial charge in [-0.1, -0.05) is 30.3 Å². The van der Waals surface area contributed by atoms with E-state index >= 15 is 0 Å². The minimum Gasteiger partial charge on any atom is -0.497 e. The SMILES string of the molecule is COc1ccc(N2CCN(C(=O)COC(=O)c3cnn(Cc4ccccc4)c3)CC2)cc1. The Morgan fingerprint density at radius 1 is 0.969 bits per heavy atom. The van der Waals surface area contributed by atoms with Gasteiger partial charge in [0.05, 0.1) is 25.4 Å². The molecular weight excluding hydrogens is 408 g/mol. The molecule has 1 amide bonds. The van der Waals surface area contributed by atoms with Crippen LogP contribution < -0.4 is 9.64 Å². The molecule has 166 valence electrons. The first kappa shape index (κ1) is 21.4. The van der Waals surface area contributed by atoms with Gasteiger partial charge in [-0.2, -0.15) is 5.10 Å². The molecule has 1 aliphatic heterocycles. The fraction of sp³-hybridized carbons (Fsp3) is 0.292. The Labute approximate surface area is 187 Å². The zero-order valence-electron chi connectivity index (χ0n) is 18.0. The van der Waals surface area contributed by atoms with E-state index in [0.29, 0.717) is 25.2 Å². The van der Waals surface area contributed by atoms with Crippen molar-refractivity contribution in [2.45, 2.75) is 6.54 Å². The minimum atomic E-state index is -0.547. The van der Waals surface area contributed by atoms with Crippen LogP contribution in [0.1, 0.15) is 15.9 Å². The molecule has 2 heterocycles. The summed E-state index contributed by atoms with van der Waals surface area (Å²) in [6.45, 7) is 2.89. The summed E-state index contributed by atoms with van der Waals surface area (Å²) in [5.41, 5.74) is 2.51. The van der Waals surface area contributed by atoms with Crippen molar-refractivity contribution in [3.05, 3.63) is 78.1 Å². The Bertz CT molecular complexity index is 1040. The average molecular weight is 434 g/mol. The molecule has 1 aliphatic rings. The predicted molar refractivity (Wildman–Crippen MR) is 120 cm³/mol. The maximum absolute atomic E-state index is 12.5. The van der Waals surface area contributed by atoms with Gasteiger partial charge in [-0.3, -0.25) is 9.48 Å². The topological polar surface area (TPSA) is 76.9 Å². The van der Waals surface area contributed by atoms with E-state index < -0.39 is 5.97 Å². The summed E-state index contributed by atoms with van der Waals surface area (Å²) in [6, 6.07) is 17.7. The summed E-state index contributed by atoms with van der Waals surface area (Å²) in [4.78, 5) is 28.8. The summed E-state index contributed by atoms with van der Waals surface area (Å²) >= 11 is 0. The summed E-state index contributed by atoms with van der Waals surface area (Å²) in [5.74, 6) is 0.0777. The molecule has 0 bridgehead atoms. The third-order valence-electron chi connectivity index (χ3n) is 5.45. The highest BCUT2D eigenvalue weighted by molar-refractivity contribution is 5.90. The van der Waals surface area contributed by atoms with Crippen molar-refractivity contribution in [3.8, 4) is 5.75 Å². The molecule has 8 nitrogen and oxygen atoms in total. The van der Waals surface area contributed by atoms with Crippen LogP contribution in [0.5, 0.6) is 5.75 Å². The second-order valence-electron chi connectivity index (χ2n) is 7.55. The van der Waals surface area contributed by atoms with Crippen LogP contribution in [0.4, 0.5) is 5.69 Å². The zero-order chi connectivity index (χ0) is 22.3. The number of aromatic nitrogens is 2. The molecule has 32 heavy (non-hydrogen) atoms. The molecule has 0 aliphatic carbocycles. The predicted octanol–water partition coefficient (Wildman–Crippen LogP) is 2.45. The van der Waals surface area contributed by atoms with E-state index in [4.69, 9.17) is 9.47 Å². The van der Waals surface area contributed by atoms with E-state index in [1.807, 2.05) is 54.6 Å². The maximum Gasteiger partial charge on any atom is 0.341 e. The lowest BCUT2D eigenvalue weighted by atomic mass is 10.2. The minimum absolute atomic E-state index is 0.190. The van der Waals surface area contributed by atoms with Crippen molar-refractivity contribution in [2.75, 3.05) is 44.8 Å². The van der Waals surface area contributed by atoms with Gasteiger partial charge in [-0.05, 0) is 29.8 Å². The van der Waals surface area contributed by atoms with Crippen LogP contribution in [0.3, 0.4) is 0 Å². The Hall–Kier alpha value is -3.81. The van der Waals surface area contributed by atoms with Gasteiger partial charge in [-0.25, -0.2) is 4.79 Å². The molecule has 2 aromatic carbocycles. The number of hydrogen-bond acceptors (Lipinski definition) is 6. The van der Waals surface area contributed by atoms with Crippen molar-refractivity contribution in [2.24, 2.45) is 0 Å². The number of carbonyl (C=O) groups is 2. The lowest BCUT2D eigenvalue weighted by Gasteiger charge is -2.36. The molecule has 1 fully saturated rings. The highest BCUT2D eigenvalue weighted by Crippen LogP contribution is 2.20. The summed E-state index contributed by atoms with van der Waals surface area (Å²) in [5, 5.41) is 4.20. The molecule has 0 spiro atoms. The van der Waals surface area contributed by atoms with Crippen molar-refractivity contribution in [3.63, 3.8) is 0 Å². The Kier molecular flexibility index (Phi) is 6.69. The van der Waals surface area contributed by atoms with E-state index in [1.54, 1.807) is 22.9 Å². The quantitative estimate of drug-likeness (QED) is 0.532. The van der Waals surface area contributed by atoms with Gasteiger partial charge in [0.1, 0.15) is 5.75 Å². The Morgan fingerprint density at radius 2 is 1.69 bits per heavy atom. The molecule has 0 radical (unpaired) electrons. The second kappa shape index (κ2) is 10.00. The molecule has 1 aromatic heterocycles. The molecule has 0 atom stereocenters. The Morgan fingerprint density at radius 3 is 2.38 bits per heavy atom. The summed E-state index contributed by atoms with van der Waals surface area (Å²) < 4.78 is 12.1. The third kappa shape index (κ3) is 5.26. The normalized spacial score (nSPS) is 13.7. The van der Waals surface area contributed by atoms with Gasteiger partial charge < -0.3 is 19.3 Å². The van der Waals surface area contributed by atoms with Gasteiger partial charge in [0.2, 0.25) is 0 Å². The number of benzene rings is 2.